The third-order valence-corrected chi connectivity index (χ3v) is 4.85. The zero-order valence-electron chi connectivity index (χ0n) is 14.0. The van der Waals surface area contributed by atoms with E-state index in [-0.39, 0.29) is 30.1 Å². The molecule has 0 spiro atoms. The van der Waals surface area contributed by atoms with Crippen molar-refractivity contribution in [1.29, 1.82) is 0 Å². The van der Waals surface area contributed by atoms with Gasteiger partial charge in [0.05, 0.1) is 19.3 Å². The molecule has 132 valence electrons. The van der Waals surface area contributed by atoms with Crippen LogP contribution < -0.4 is 5.32 Å². The molecule has 1 saturated heterocycles. The lowest BCUT2D eigenvalue weighted by Gasteiger charge is -2.34. The first-order chi connectivity index (χ1) is 11.3. The fourth-order valence-corrected chi connectivity index (χ4v) is 3.44. The maximum Gasteiger partial charge on any atom is 0.193 e. The van der Waals surface area contributed by atoms with E-state index in [0.29, 0.717) is 6.61 Å². The Hall–Kier alpha value is -1.13. The summed E-state index contributed by atoms with van der Waals surface area (Å²) >= 11 is 1.80. The highest BCUT2D eigenvalue weighted by molar-refractivity contribution is 14.0. The van der Waals surface area contributed by atoms with E-state index in [1.807, 2.05) is 31.2 Å². The minimum Gasteiger partial charge on any atom is -0.370 e. The smallest absolute Gasteiger partial charge is 0.193 e. The summed E-state index contributed by atoms with van der Waals surface area (Å²) in [6.07, 6.45) is 4.96. The van der Waals surface area contributed by atoms with Gasteiger partial charge in [-0.2, -0.15) is 5.10 Å². The van der Waals surface area contributed by atoms with Gasteiger partial charge in [-0.3, -0.25) is 9.67 Å². The van der Waals surface area contributed by atoms with Gasteiger partial charge in [-0.1, -0.05) is 6.07 Å². The summed E-state index contributed by atoms with van der Waals surface area (Å²) in [5, 5.41) is 9.81. The highest BCUT2D eigenvalue weighted by Gasteiger charge is 2.24. The number of aryl methyl sites for hydroxylation is 1. The predicted octanol–water partition coefficient (Wildman–Crippen LogP) is 2.29. The Morgan fingerprint density at radius 3 is 3.08 bits per heavy atom. The fraction of sp³-hybridized carbons (Fsp3) is 0.500. The second-order valence-electron chi connectivity index (χ2n) is 5.56. The van der Waals surface area contributed by atoms with E-state index in [9.17, 15) is 0 Å². The van der Waals surface area contributed by atoms with Crippen molar-refractivity contribution in [3.8, 4) is 0 Å². The summed E-state index contributed by atoms with van der Waals surface area (Å²) in [5.41, 5.74) is 1.12. The summed E-state index contributed by atoms with van der Waals surface area (Å²) in [6.45, 7) is 3.24. The fourth-order valence-electron chi connectivity index (χ4n) is 2.73. The lowest BCUT2D eigenvalue weighted by atomic mass is 10.1. The normalized spacial score (nSPS) is 18.3. The minimum atomic E-state index is 0. The number of nitrogens with zero attached hydrogens (tertiary/aromatic N) is 4. The molecule has 3 heterocycles. The van der Waals surface area contributed by atoms with Gasteiger partial charge < -0.3 is 15.0 Å². The maximum atomic E-state index is 5.89. The SMILES string of the molecule is CN=C(NCCc1cccs1)N1CCOC(c2cnn(C)c2)C1.I. The van der Waals surface area contributed by atoms with Crippen molar-refractivity contribution in [2.75, 3.05) is 33.3 Å². The van der Waals surface area contributed by atoms with E-state index >= 15 is 0 Å². The van der Waals surface area contributed by atoms with Crippen LogP contribution in [0.25, 0.3) is 0 Å². The lowest BCUT2D eigenvalue weighted by Crippen LogP contribution is -2.48. The van der Waals surface area contributed by atoms with E-state index in [4.69, 9.17) is 4.74 Å². The zero-order chi connectivity index (χ0) is 16.1. The molecule has 1 unspecified atom stereocenters. The van der Waals surface area contributed by atoms with Crippen LogP contribution in [0.3, 0.4) is 0 Å². The van der Waals surface area contributed by atoms with Crippen LogP contribution in [-0.2, 0) is 18.2 Å². The molecule has 6 nitrogen and oxygen atoms in total. The van der Waals surface area contributed by atoms with E-state index in [1.165, 1.54) is 4.88 Å². The van der Waals surface area contributed by atoms with Crippen molar-refractivity contribution in [3.63, 3.8) is 0 Å². The monoisotopic (exact) mass is 461 g/mol. The highest BCUT2D eigenvalue weighted by Crippen LogP contribution is 2.21. The molecule has 2 aromatic rings. The molecular formula is C16H24IN5OS. The molecule has 2 aromatic heterocycles. The third kappa shape index (κ3) is 4.93. The zero-order valence-corrected chi connectivity index (χ0v) is 17.2. The average molecular weight is 461 g/mol. The number of rotatable bonds is 4. The van der Waals surface area contributed by atoms with Crippen molar-refractivity contribution in [1.82, 2.24) is 20.0 Å². The van der Waals surface area contributed by atoms with E-state index in [0.717, 1.165) is 37.6 Å². The molecule has 1 aliphatic rings. The molecule has 0 saturated carbocycles. The topological polar surface area (TPSA) is 54.7 Å². The number of aromatic nitrogens is 2. The van der Waals surface area contributed by atoms with Gasteiger partial charge in [-0.15, -0.1) is 35.3 Å². The number of thiophene rings is 1. The van der Waals surface area contributed by atoms with Crippen LogP contribution in [0.4, 0.5) is 0 Å². The second kappa shape index (κ2) is 9.38. The Kier molecular flexibility index (Phi) is 7.50. The molecule has 8 heteroatoms. The Morgan fingerprint density at radius 1 is 1.54 bits per heavy atom. The molecular weight excluding hydrogens is 437 g/mol. The Balaban J connectivity index is 0.00000208. The molecule has 0 bridgehead atoms. The number of aliphatic imine (C=N–C) groups is 1. The van der Waals surface area contributed by atoms with Gasteiger partial charge in [0.25, 0.3) is 0 Å². The van der Waals surface area contributed by atoms with E-state index in [1.54, 1.807) is 11.3 Å². The second-order valence-corrected chi connectivity index (χ2v) is 6.59. The quantitative estimate of drug-likeness (QED) is 0.432. The summed E-state index contributed by atoms with van der Waals surface area (Å²) in [4.78, 5) is 8.07. The van der Waals surface area contributed by atoms with Crippen LogP contribution in [-0.4, -0.2) is 53.9 Å². The molecule has 1 N–H and O–H groups in total. The highest BCUT2D eigenvalue weighted by atomic mass is 127. The number of guanidine groups is 1. The Morgan fingerprint density at radius 2 is 2.42 bits per heavy atom. The van der Waals surface area contributed by atoms with Crippen molar-refractivity contribution in [2.24, 2.45) is 12.0 Å². The van der Waals surface area contributed by atoms with E-state index in [2.05, 4.69) is 37.8 Å². The summed E-state index contributed by atoms with van der Waals surface area (Å²) in [6, 6.07) is 4.26. The van der Waals surface area contributed by atoms with Gasteiger partial charge in [0.2, 0.25) is 0 Å². The molecule has 1 atom stereocenters. The van der Waals surface area contributed by atoms with Gasteiger partial charge >= 0.3 is 0 Å². The maximum absolute atomic E-state index is 5.89. The van der Waals surface area contributed by atoms with Crippen LogP contribution >= 0.6 is 35.3 Å². The standard InChI is InChI=1S/C16H23N5OS.HI/c1-17-16(18-6-5-14-4-3-9-23-14)21-7-8-22-15(12-21)13-10-19-20(2)11-13;/h3-4,9-11,15H,5-8,12H2,1-2H3,(H,17,18);1H. The molecule has 0 aromatic carbocycles. The Labute approximate surface area is 163 Å². The molecule has 0 aliphatic carbocycles. The minimum absolute atomic E-state index is 0. The number of nitrogens with one attached hydrogen (secondary N) is 1. The van der Waals surface area contributed by atoms with Crippen LogP contribution in [0.15, 0.2) is 34.9 Å². The van der Waals surface area contributed by atoms with Crippen LogP contribution in [0.2, 0.25) is 0 Å². The van der Waals surface area contributed by atoms with Crippen molar-refractivity contribution in [2.45, 2.75) is 12.5 Å². The first-order valence-electron chi connectivity index (χ1n) is 7.84. The van der Waals surface area contributed by atoms with Crippen molar-refractivity contribution in [3.05, 3.63) is 40.3 Å². The van der Waals surface area contributed by atoms with Gasteiger partial charge in [-0.25, -0.2) is 0 Å². The largest absolute Gasteiger partial charge is 0.370 e. The van der Waals surface area contributed by atoms with E-state index < -0.39 is 0 Å². The summed E-state index contributed by atoms with van der Waals surface area (Å²) in [5.74, 6) is 0.943. The number of ether oxygens (including phenoxy) is 1. The van der Waals surface area contributed by atoms with Crippen molar-refractivity contribution >= 4 is 41.3 Å². The van der Waals surface area contributed by atoms with Gasteiger partial charge in [0, 0.05) is 43.8 Å². The predicted molar refractivity (Wildman–Crippen MR) is 108 cm³/mol. The average Bonchev–Trinajstić information content (AvgIpc) is 3.23. The molecule has 24 heavy (non-hydrogen) atoms. The number of hydrogen-bond donors (Lipinski definition) is 1. The summed E-state index contributed by atoms with van der Waals surface area (Å²) < 4.78 is 7.70. The first kappa shape index (κ1) is 19.2. The van der Waals surface area contributed by atoms with Crippen LogP contribution in [0.5, 0.6) is 0 Å². The number of morpholine rings is 1. The molecule has 1 aliphatic heterocycles. The van der Waals surface area contributed by atoms with Crippen LogP contribution in [0.1, 0.15) is 16.5 Å². The van der Waals surface area contributed by atoms with Gasteiger partial charge in [0.1, 0.15) is 6.10 Å². The molecule has 0 amide bonds. The third-order valence-electron chi connectivity index (χ3n) is 3.91. The van der Waals surface area contributed by atoms with Crippen LogP contribution in [0, 0.1) is 0 Å². The van der Waals surface area contributed by atoms with Gasteiger partial charge in [-0.05, 0) is 17.9 Å². The molecule has 0 radical (unpaired) electrons. The molecule has 3 rings (SSSR count). The Bertz CT molecular complexity index is 643. The first-order valence-corrected chi connectivity index (χ1v) is 8.72. The number of hydrogen-bond acceptors (Lipinski definition) is 4. The lowest BCUT2D eigenvalue weighted by molar-refractivity contribution is -0.00800. The number of halogens is 1. The molecule has 1 fully saturated rings. The van der Waals surface area contributed by atoms with Crippen molar-refractivity contribution < 1.29 is 4.74 Å². The van der Waals surface area contributed by atoms with Gasteiger partial charge in [0.15, 0.2) is 5.96 Å². The summed E-state index contributed by atoms with van der Waals surface area (Å²) in [7, 11) is 3.76.